The fourth-order valence-corrected chi connectivity index (χ4v) is 2.68. The van der Waals surface area contributed by atoms with E-state index in [4.69, 9.17) is 9.52 Å². The van der Waals surface area contributed by atoms with Crippen molar-refractivity contribution in [2.45, 2.75) is 25.1 Å². The maximum Gasteiger partial charge on any atom is 0.305 e. The second kappa shape index (κ2) is 8.38. The molecule has 0 bridgehead atoms. The molecule has 1 aromatic carbocycles. The number of nitrogens with one attached hydrogen (secondary N) is 1. The van der Waals surface area contributed by atoms with Gasteiger partial charge in [0, 0.05) is 17.4 Å². The Morgan fingerprint density at radius 1 is 1.35 bits per heavy atom. The van der Waals surface area contributed by atoms with Crippen molar-refractivity contribution in [3.05, 3.63) is 42.3 Å². The molecule has 0 aliphatic heterocycles. The maximum atomic E-state index is 11.7. The summed E-state index contributed by atoms with van der Waals surface area (Å²) < 4.78 is 5.43. The van der Waals surface area contributed by atoms with Gasteiger partial charge in [0.1, 0.15) is 6.26 Å². The van der Waals surface area contributed by atoms with E-state index in [0.717, 1.165) is 11.3 Å². The van der Waals surface area contributed by atoms with E-state index in [9.17, 15) is 9.59 Å². The lowest BCUT2D eigenvalue weighted by Crippen LogP contribution is -2.35. The Hall–Kier alpha value is -2.28. The fraction of sp³-hybridized carbons (Fsp3) is 0.312. The van der Waals surface area contributed by atoms with Gasteiger partial charge >= 0.3 is 5.97 Å². The van der Waals surface area contributed by atoms with Crippen LogP contribution >= 0.6 is 11.8 Å². The zero-order chi connectivity index (χ0) is 16.7. The summed E-state index contributed by atoms with van der Waals surface area (Å²) in [5, 5.41) is 11.3. The van der Waals surface area contributed by atoms with Gasteiger partial charge in [-0.2, -0.15) is 0 Å². The molecule has 0 saturated heterocycles. The third-order valence-electron chi connectivity index (χ3n) is 2.94. The summed E-state index contributed by atoms with van der Waals surface area (Å²) in [5.41, 5.74) is 1.67. The van der Waals surface area contributed by atoms with Crippen LogP contribution in [0.5, 0.6) is 0 Å². The lowest BCUT2D eigenvalue weighted by molar-refractivity contribution is -0.137. The van der Waals surface area contributed by atoms with Crippen LogP contribution in [-0.4, -0.2) is 33.8 Å². The minimum atomic E-state index is -0.929. The van der Waals surface area contributed by atoms with Gasteiger partial charge in [-0.1, -0.05) is 18.2 Å². The van der Waals surface area contributed by atoms with E-state index in [1.165, 1.54) is 11.8 Å². The molecule has 6 nitrogen and oxygen atoms in total. The molecule has 7 heteroatoms. The number of carboxylic acid groups (broad SMARTS) is 1. The average Bonchev–Trinajstić information content (AvgIpc) is 2.96. The van der Waals surface area contributed by atoms with Crippen LogP contribution in [-0.2, 0) is 15.3 Å². The Labute approximate surface area is 138 Å². The smallest absolute Gasteiger partial charge is 0.305 e. The zero-order valence-corrected chi connectivity index (χ0v) is 13.5. The Balaban J connectivity index is 1.75. The van der Waals surface area contributed by atoms with Gasteiger partial charge in [0.05, 0.1) is 17.9 Å². The first-order chi connectivity index (χ1) is 11.0. The third-order valence-corrected chi connectivity index (χ3v) is 3.91. The Morgan fingerprint density at radius 2 is 2.09 bits per heavy atom. The van der Waals surface area contributed by atoms with Crippen LogP contribution in [0.4, 0.5) is 0 Å². The standard InChI is InChI=1S/C16H18N2O4S/c1-11(7-15(20)21)17-14(19)10-23-9-13-8-22-16(18-13)12-5-3-2-4-6-12/h2-6,8,11H,7,9-10H2,1H3,(H,17,19)(H,20,21). The number of hydrogen-bond acceptors (Lipinski definition) is 5. The van der Waals surface area contributed by atoms with Gasteiger partial charge in [0.25, 0.3) is 0 Å². The molecule has 1 atom stereocenters. The molecule has 0 saturated carbocycles. The van der Waals surface area contributed by atoms with Gasteiger partial charge in [-0.05, 0) is 19.1 Å². The first kappa shape index (κ1) is 17.1. The number of carbonyl (C=O) groups is 2. The molecule has 2 aromatic rings. The highest BCUT2D eigenvalue weighted by atomic mass is 32.2. The number of aliphatic carboxylic acids is 1. The topological polar surface area (TPSA) is 92.4 Å². The molecule has 1 heterocycles. The molecule has 0 aliphatic rings. The van der Waals surface area contributed by atoms with Crippen molar-refractivity contribution in [3.63, 3.8) is 0 Å². The molecule has 122 valence electrons. The molecule has 0 spiro atoms. The van der Waals surface area contributed by atoms with E-state index in [-0.39, 0.29) is 24.1 Å². The van der Waals surface area contributed by atoms with Gasteiger partial charge in [0.2, 0.25) is 11.8 Å². The number of amides is 1. The number of benzene rings is 1. The molecule has 2 N–H and O–H groups in total. The second-order valence-corrected chi connectivity index (χ2v) is 6.05. The number of nitrogens with zero attached hydrogens (tertiary/aromatic N) is 1. The highest BCUT2D eigenvalue weighted by molar-refractivity contribution is 7.99. The van der Waals surface area contributed by atoms with Crippen LogP contribution in [0.1, 0.15) is 19.0 Å². The molecule has 1 aromatic heterocycles. The van der Waals surface area contributed by atoms with E-state index in [0.29, 0.717) is 11.6 Å². The predicted octanol–water partition coefficient (Wildman–Crippen LogP) is 2.55. The quantitative estimate of drug-likeness (QED) is 0.771. The monoisotopic (exact) mass is 334 g/mol. The SMILES string of the molecule is CC(CC(=O)O)NC(=O)CSCc1coc(-c2ccccc2)n1. The van der Waals surface area contributed by atoms with Crippen LogP contribution in [0, 0.1) is 0 Å². The highest BCUT2D eigenvalue weighted by Gasteiger charge is 2.12. The molecule has 1 amide bonds. The molecule has 0 aliphatic carbocycles. The molecular formula is C16H18N2O4S. The van der Waals surface area contributed by atoms with E-state index in [2.05, 4.69) is 10.3 Å². The van der Waals surface area contributed by atoms with Crippen LogP contribution in [0.2, 0.25) is 0 Å². The van der Waals surface area contributed by atoms with Crippen molar-refractivity contribution >= 4 is 23.6 Å². The van der Waals surface area contributed by atoms with Crippen LogP contribution in [0.3, 0.4) is 0 Å². The Morgan fingerprint density at radius 3 is 2.78 bits per heavy atom. The number of carbonyl (C=O) groups excluding carboxylic acids is 1. The first-order valence-corrected chi connectivity index (χ1v) is 8.29. The van der Waals surface area contributed by atoms with Crippen molar-refractivity contribution in [1.82, 2.24) is 10.3 Å². The van der Waals surface area contributed by atoms with Gasteiger partial charge in [-0.25, -0.2) is 4.98 Å². The number of aromatic nitrogens is 1. The highest BCUT2D eigenvalue weighted by Crippen LogP contribution is 2.20. The van der Waals surface area contributed by atoms with E-state index >= 15 is 0 Å². The van der Waals surface area contributed by atoms with Crippen molar-refractivity contribution < 1.29 is 19.1 Å². The number of thioether (sulfide) groups is 1. The first-order valence-electron chi connectivity index (χ1n) is 7.13. The predicted molar refractivity (Wildman–Crippen MR) is 88.0 cm³/mol. The minimum Gasteiger partial charge on any atom is -0.481 e. The molecule has 23 heavy (non-hydrogen) atoms. The molecule has 1 unspecified atom stereocenters. The summed E-state index contributed by atoms with van der Waals surface area (Å²) >= 11 is 1.40. The average molecular weight is 334 g/mol. The third kappa shape index (κ3) is 5.78. The molecular weight excluding hydrogens is 316 g/mol. The maximum absolute atomic E-state index is 11.7. The lowest BCUT2D eigenvalue weighted by atomic mass is 10.2. The van der Waals surface area contributed by atoms with Crippen LogP contribution < -0.4 is 5.32 Å². The zero-order valence-electron chi connectivity index (χ0n) is 12.7. The van der Waals surface area contributed by atoms with E-state index in [1.807, 2.05) is 30.3 Å². The minimum absolute atomic E-state index is 0.0832. The summed E-state index contributed by atoms with van der Waals surface area (Å²) in [4.78, 5) is 26.6. The molecule has 0 radical (unpaired) electrons. The summed E-state index contributed by atoms with van der Waals surface area (Å²) in [6.07, 6.45) is 1.50. The Kier molecular flexibility index (Phi) is 6.22. The van der Waals surface area contributed by atoms with Crippen molar-refractivity contribution in [2.24, 2.45) is 0 Å². The molecule has 0 fully saturated rings. The van der Waals surface area contributed by atoms with Crippen molar-refractivity contribution in [1.29, 1.82) is 0 Å². The number of rotatable bonds is 8. The van der Waals surface area contributed by atoms with Gasteiger partial charge < -0.3 is 14.8 Å². The van der Waals surface area contributed by atoms with Gasteiger partial charge in [-0.3, -0.25) is 9.59 Å². The number of oxazole rings is 1. The van der Waals surface area contributed by atoms with Gasteiger partial charge in [-0.15, -0.1) is 11.8 Å². The summed E-state index contributed by atoms with van der Waals surface area (Å²) in [5.74, 6) is 0.243. The normalized spacial score (nSPS) is 11.9. The summed E-state index contributed by atoms with van der Waals surface area (Å²) in [6.45, 7) is 1.67. The van der Waals surface area contributed by atoms with Crippen LogP contribution in [0.15, 0.2) is 41.0 Å². The van der Waals surface area contributed by atoms with Gasteiger partial charge in [0.15, 0.2) is 0 Å². The van der Waals surface area contributed by atoms with E-state index < -0.39 is 5.97 Å². The largest absolute Gasteiger partial charge is 0.481 e. The molecule has 2 rings (SSSR count). The van der Waals surface area contributed by atoms with Crippen LogP contribution in [0.25, 0.3) is 11.5 Å². The fourth-order valence-electron chi connectivity index (χ4n) is 1.96. The second-order valence-electron chi connectivity index (χ2n) is 5.07. The summed E-state index contributed by atoms with van der Waals surface area (Å²) in [6, 6.07) is 9.21. The lowest BCUT2D eigenvalue weighted by Gasteiger charge is -2.10. The van der Waals surface area contributed by atoms with Crippen molar-refractivity contribution in [3.8, 4) is 11.5 Å². The Bertz CT molecular complexity index is 657. The number of carboxylic acids is 1. The van der Waals surface area contributed by atoms with E-state index in [1.54, 1.807) is 13.2 Å². The van der Waals surface area contributed by atoms with Crippen molar-refractivity contribution in [2.75, 3.05) is 5.75 Å². The summed E-state index contributed by atoms with van der Waals surface area (Å²) in [7, 11) is 0. The number of hydrogen-bond donors (Lipinski definition) is 2.